The molecule has 0 nitrogen and oxygen atoms in total. The first kappa shape index (κ1) is 12.5. The van der Waals surface area contributed by atoms with E-state index in [-0.39, 0.29) is 68.9 Å². The molecule has 0 aliphatic rings. The molecule has 0 atom stereocenters. The van der Waals surface area contributed by atoms with Crippen molar-refractivity contribution in [3.05, 3.63) is 18.7 Å². The maximum absolute atomic E-state index is 3.78. The van der Waals surface area contributed by atoms with Crippen molar-refractivity contribution in [3.63, 3.8) is 0 Å². The molecular formula is C6H13CsSi. The fourth-order valence-electron chi connectivity index (χ4n) is 0. The van der Waals surface area contributed by atoms with Gasteiger partial charge >= 0.3 is 68.9 Å². The van der Waals surface area contributed by atoms with Gasteiger partial charge in [-0.05, 0) is 0 Å². The summed E-state index contributed by atoms with van der Waals surface area (Å²) in [5, 5.41) is 1.13. The summed E-state index contributed by atoms with van der Waals surface area (Å²) in [4.78, 5) is 0. The van der Waals surface area contributed by atoms with Crippen molar-refractivity contribution in [3.8, 4) is 0 Å². The Kier molecular flexibility index (Phi) is 7.30. The third-order valence-electron chi connectivity index (χ3n) is 1.06. The molecule has 0 aromatic carbocycles. The van der Waals surface area contributed by atoms with Crippen molar-refractivity contribution in [2.45, 2.75) is 19.6 Å². The van der Waals surface area contributed by atoms with Crippen LogP contribution >= 0.6 is 0 Å². The van der Waals surface area contributed by atoms with Gasteiger partial charge in [-0.3, -0.25) is 0 Å². The zero-order valence-electron chi connectivity index (χ0n) is 6.41. The molecule has 8 heavy (non-hydrogen) atoms. The molecule has 0 rings (SSSR count). The van der Waals surface area contributed by atoms with Gasteiger partial charge in [-0.25, -0.2) is 18.7 Å². The fraction of sp³-hybridized carbons (Fsp3) is 0.500. The second-order valence-corrected chi connectivity index (χ2v) is 8.06. The third-order valence-corrected chi connectivity index (χ3v) is 3.18. The summed E-state index contributed by atoms with van der Waals surface area (Å²) < 4.78 is 0. The van der Waals surface area contributed by atoms with E-state index in [0.717, 1.165) is 5.20 Å². The van der Waals surface area contributed by atoms with Gasteiger partial charge in [0, 0.05) is 8.07 Å². The van der Waals surface area contributed by atoms with Gasteiger partial charge in [0.1, 0.15) is 0 Å². The molecular weight excluding hydrogens is 233 g/mol. The van der Waals surface area contributed by atoms with E-state index in [0.29, 0.717) is 0 Å². The fourth-order valence-corrected chi connectivity index (χ4v) is 0. The molecule has 0 N–H and O–H groups in total. The van der Waals surface area contributed by atoms with E-state index in [4.69, 9.17) is 0 Å². The summed E-state index contributed by atoms with van der Waals surface area (Å²) >= 11 is 0. The Morgan fingerprint density at radius 2 is 1.50 bits per heavy atom. The van der Waals surface area contributed by atoms with E-state index in [9.17, 15) is 0 Å². The first-order valence-corrected chi connectivity index (χ1v) is 5.96. The molecule has 2 heteroatoms. The third kappa shape index (κ3) is 6.01. The van der Waals surface area contributed by atoms with E-state index >= 15 is 0 Å². The van der Waals surface area contributed by atoms with E-state index < -0.39 is 8.07 Å². The van der Waals surface area contributed by atoms with Gasteiger partial charge in [0.15, 0.2) is 0 Å². The molecule has 0 aliphatic carbocycles. The first-order chi connectivity index (χ1) is 2.94. The maximum atomic E-state index is 3.78. The number of rotatable bonds is 1. The van der Waals surface area contributed by atoms with E-state index in [2.05, 4.69) is 33.1 Å². The Bertz CT molecular complexity index is 81.0. The predicted octanol–water partition coefficient (Wildman–Crippen LogP) is -0.742. The summed E-state index contributed by atoms with van der Waals surface area (Å²) in [6.45, 7) is 14.3. The Hall–Kier alpha value is 1.88. The number of allylic oxidation sites excluding steroid dienone is 1. The Morgan fingerprint density at radius 1 is 1.38 bits per heavy atom. The predicted molar refractivity (Wildman–Crippen MR) is 37.8 cm³/mol. The average Bonchev–Trinajstić information content (AvgIpc) is 1.31. The van der Waals surface area contributed by atoms with Crippen LogP contribution in [0.5, 0.6) is 0 Å². The van der Waals surface area contributed by atoms with E-state index in [1.54, 1.807) is 0 Å². The second-order valence-electron chi connectivity index (χ2n) is 2.85. The standard InChI is InChI=1S/C6H13Si.Cs/c1-6(2)7(3,4)5;/h1-2H2,3-5H3;/q-1;+1. The van der Waals surface area contributed by atoms with Crippen LogP contribution < -0.4 is 68.9 Å². The van der Waals surface area contributed by atoms with Gasteiger partial charge in [-0.15, -0.1) is 0 Å². The number of hydrogen-bond acceptors (Lipinski definition) is 0. The van der Waals surface area contributed by atoms with Crippen LogP contribution in [-0.4, -0.2) is 8.07 Å². The molecule has 0 fully saturated rings. The molecule has 0 saturated heterocycles. The Morgan fingerprint density at radius 3 is 1.50 bits per heavy atom. The van der Waals surface area contributed by atoms with Gasteiger partial charge < -0.3 is 0 Å². The summed E-state index contributed by atoms with van der Waals surface area (Å²) in [6.07, 6.45) is 0. The van der Waals surface area contributed by atoms with Crippen molar-refractivity contribution in [1.82, 2.24) is 0 Å². The van der Waals surface area contributed by atoms with Crippen LogP contribution in [0, 0.1) is 6.92 Å². The van der Waals surface area contributed by atoms with Crippen molar-refractivity contribution in [1.29, 1.82) is 0 Å². The largest absolute Gasteiger partial charge is 1.00 e. The van der Waals surface area contributed by atoms with Crippen LogP contribution in [0.15, 0.2) is 11.8 Å². The molecule has 0 aliphatic heterocycles. The zero-order chi connectivity index (χ0) is 6.08. The topological polar surface area (TPSA) is 0 Å². The minimum absolute atomic E-state index is 0. The molecule has 0 aromatic heterocycles. The van der Waals surface area contributed by atoms with E-state index in [1.807, 2.05) is 0 Å². The van der Waals surface area contributed by atoms with Crippen molar-refractivity contribution in [2.75, 3.05) is 0 Å². The van der Waals surface area contributed by atoms with Gasteiger partial charge in [0.2, 0.25) is 0 Å². The Balaban J connectivity index is 0. The molecule has 0 aromatic rings. The molecule has 0 radical (unpaired) electrons. The molecule has 0 unspecified atom stereocenters. The first-order valence-electron chi connectivity index (χ1n) is 2.46. The van der Waals surface area contributed by atoms with E-state index in [1.165, 1.54) is 0 Å². The van der Waals surface area contributed by atoms with Gasteiger partial charge in [-0.2, -0.15) is 0 Å². The maximum Gasteiger partial charge on any atom is 1.00 e. The van der Waals surface area contributed by atoms with Crippen LogP contribution in [0.1, 0.15) is 0 Å². The molecule has 0 spiro atoms. The van der Waals surface area contributed by atoms with Crippen LogP contribution in [0.2, 0.25) is 19.6 Å². The van der Waals surface area contributed by atoms with Crippen molar-refractivity contribution >= 4 is 8.07 Å². The number of hydrogen-bond donors (Lipinski definition) is 0. The Labute approximate surface area is 113 Å². The SMILES string of the molecule is C=C([CH2-])[Si](C)(C)C.[Cs+]. The normalized spacial score (nSPS) is 9.88. The average molecular weight is 246 g/mol. The van der Waals surface area contributed by atoms with Crippen molar-refractivity contribution < 1.29 is 68.9 Å². The van der Waals surface area contributed by atoms with Gasteiger partial charge in [0.05, 0.1) is 0 Å². The molecule has 42 valence electrons. The quantitative estimate of drug-likeness (QED) is 0.422. The molecule has 0 bridgehead atoms. The van der Waals surface area contributed by atoms with Crippen LogP contribution in [0.25, 0.3) is 0 Å². The van der Waals surface area contributed by atoms with Crippen LogP contribution in [0.4, 0.5) is 0 Å². The summed E-state index contributed by atoms with van der Waals surface area (Å²) in [6, 6.07) is 0. The minimum Gasteiger partial charge on any atom is -0.246 e. The minimum atomic E-state index is -1.04. The van der Waals surface area contributed by atoms with Gasteiger partial charge in [0.25, 0.3) is 0 Å². The summed E-state index contributed by atoms with van der Waals surface area (Å²) in [5.41, 5.74) is 0. The summed E-state index contributed by atoms with van der Waals surface area (Å²) in [5.74, 6) is 0. The monoisotopic (exact) mass is 246 g/mol. The molecule has 0 amide bonds. The molecule has 0 saturated carbocycles. The van der Waals surface area contributed by atoms with Crippen LogP contribution in [0.3, 0.4) is 0 Å². The second kappa shape index (κ2) is 4.66. The van der Waals surface area contributed by atoms with Crippen LogP contribution in [-0.2, 0) is 0 Å². The smallest absolute Gasteiger partial charge is 0.246 e. The molecule has 0 heterocycles. The van der Waals surface area contributed by atoms with Gasteiger partial charge in [-0.1, -0.05) is 19.6 Å². The zero-order valence-corrected chi connectivity index (χ0v) is 13.7. The van der Waals surface area contributed by atoms with Crippen molar-refractivity contribution in [2.24, 2.45) is 0 Å². The summed E-state index contributed by atoms with van der Waals surface area (Å²) in [7, 11) is -1.04.